The van der Waals surface area contributed by atoms with Crippen LogP contribution in [0.1, 0.15) is 24.9 Å². The zero-order valence-electron chi connectivity index (χ0n) is 7.15. The van der Waals surface area contributed by atoms with Gasteiger partial charge in [-0.3, -0.25) is 0 Å². The predicted octanol–water partition coefficient (Wildman–Crippen LogP) is 3.65. The Morgan fingerprint density at radius 3 is 2.77 bits per heavy atom. The normalized spacial score (nSPS) is 13.0. The van der Waals surface area contributed by atoms with Crippen LogP contribution in [0.4, 0.5) is 4.39 Å². The van der Waals surface area contributed by atoms with Gasteiger partial charge in [-0.1, -0.05) is 18.5 Å². The lowest BCUT2D eigenvalue weighted by molar-refractivity contribution is 0.608. The van der Waals surface area contributed by atoms with E-state index in [4.69, 9.17) is 17.3 Å². The average molecular weight is 267 g/mol. The Morgan fingerprint density at radius 1 is 1.62 bits per heavy atom. The van der Waals surface area contributed by atoms with Gasteiger partial charge >= 0.3 is 0 Å². The quantitative estimate of drug-likeness (QED) is 0.813. The molecule has 4 heteroatoms. The van der Waals surface area contributed by atoms with E-state index in [1.807, 2.05) is 6.92 Å². The molecule has 1 aromatic rings. The average Bonchev–Trinajstić information content (AvgIpc) is 2.12. The van der Waals surface area contributed by atoms with Crippen LogP contribution in [0.25, 0.3) is 0 Å². The molecular weight excluding hydrogens is 256 g/mol. The van der Waals surface area contributed by atoms with Crippen LogP contribution in [-0.2, 0) is 0 Å². The van der Waals surface area contributed by atoms with Gasteiger partial charge in [0.25, 0.3) is 0 Å². The SMILES string of the molecule is CCC(N)c1c(Cl)ccc(F)c1Br. The maximum Gasteiger partial charge on any atom is 0.137 e. The summed E-state index contributed by atoms with van der Waals surface area (Å²) < 4.78 is 13.5. The number of hydrogen-bond donors (Lipinski definition) is 1. The zero-order chi connectivity index (χ0) is 10.0. The summed E-state index contributed by atoms with van der Waals surface area (Å²) in [5, 5.41) is 0.502. The molecular formula is C9H10BrClFN. The van der Waals surface area contributed by atoms with Crippen LogP contribution in [-0.4, -0.2) is 0 Å². The van der Waals surface area contributed by atoms with E-state index in [1.54, 1.807) is 0 Å². The van der Waals surface area contributed by atoms with Crippen molar-refractivity contribution in [2.75, 3.05) is 0 Å². The van der Waals surface area contributed by atoms with E-state index in [9.17, 15) is 4.39 Å². The molecule has 0 aliphatic carbocycles. The minimum atomic E-state index is -0.330. The number of halogens is 3. The van der Waals surface area contributed by atoms with Gasteiger partial charge in [0.05, 0.1) is 4.47 Å². The highest BCUT2D eigenvalue weighted by molar-refractivity contribution is 9.10. The Bertz CT molecular complexity index is 317. The van der Waals surface area contributed by atoms with E-state index in [1.165, 1.54) is 12.1 Å². The highest BCUT2D eigenvalue weighted by Crippen LogP contribution is 2.32. The van der Waals surface area contributed by atoms with Crippen LogP contribution >= 0.6 is 27.5 Å². The summed E-state index contributed by atoms with van der Waals surface area (Å²) in [4.78, 5) is 0. The monoisotopic (exact) mass is 265 g/mol. The van der Waals surface area contributed by atoms with Gasteiger partial charge in [-0.2, -0.15) is 0 Å². The van der Waals surface area contributed by atoms with Crippen molar-refractivity contribution in [2.45, 2.75) is 19.4 Å². The van der Waals surface area contributed by atoms with Gasteiger partial charge in [-0.15, -0.1) is 0 Å². The second kappa shape index (κ2) is 4.40. The Labute approximate surface area is 90.2 Å². The molecule has 0 bridgehead atoms. The van der Waals surface area contributed by atoms with E-state index in [0.29, 0.717) is 15.1 Å². The molecule has 72 valence electrons. The van der Waals surface area contributed by atoms with Gasteiger partial charge in [-0.05, 0) is 34.5 Å². The first kappa shape index (κ1) is 11.0. The van der Waals surface area contributed by atoms with Crippen LogP contribution in [0, 0.1) is 5.82 Å². The third-order valence-electron chi connectivity index (χ3n) is 1.89. The van der Waals surface area contributed by atoms with E-state index < -0.39 is 0 Å². The largest absolute Gasteiger partial charge is 0.324 e. The third-order valence-corrected chi connectivity index (χ3v) is 3.03. The molecule has 0 saturated carbocycles. The fourth-order valence-electron chi connectivity index (χ4n) is 1.09. The van der Waals surface area contributed by atoms with Gasteiger partial charge in [-0.25, -0.2) is 4.39 Å². The molecule has 1 rings (SSSR count). The summed E-state index contributed by atoms with van der Waals surface area (Å²) in [5.41, 5.74) is 6.43. The molecule has 0 spiro atoms. The molecule has 0 aliphatic heterocycles. The van der Waals surface area contributed by atoms with Crippen molar-refractivity contribution < 1.29 is 4.39 Å². The predicted molar refractivity (Wildman–Crippen MR) is 56.3 cm³/mol. The van der Waals surface area contributed by atoms with E-state index in [0.717, 1.165) is 6.42 Å². The number of nitrogens with two attached hydrogens (primary N) is 1. The summed E-state index contributed by atoms with van der Waals surface area (Å²) in [6.07, 6.45) is 0.724. The van der Waals surface area contributed by atoms with Crippen LogP contribution in [0.3, 0.4) is 0 Å². The van der Waals surface area contributed by atoms with Crippen molar-refractivity contribution in [3.63, 3.8) is 0 Å². The molecule has 2 N–H and O–H groups in total. The summed E-state index contributed by atoms with van der Waals surface area (Å²) in [5.74, 6) is -0.330. The van der Waals surface area contributed by atoms with Crippen molar-refractivity contribution in [2.24, 2.45) is 5.73 Å². The van der Waals surface area contributed by atoms with Gasteiger partial charge in [0.15, 0.2) is 0 Å². The first-order chi connectivity index (χ1) is 6.07. The van der Waals surface area contributed by atoms with E-state index in [-0.39, 0.29) is 11.9 Å². The molecule has 1 unspecified atom stereocenters. The minimum absolute atomic E-state index is 0.224. The molecule has 0 aromatic heterocycles. The van der Waals surface area contributed by atoms with Gasteiger partial charge in [0.2, 0.25) is 0 Å². The maximum atomic E-state index is 13.1. The van der Waals surface area contributed by atoms with Gasteiger partial charge in [0.1, 0.15) is 5.82 Å². The van der Waals surface area contributed by atoms with E-state index >= 15 is 0 Å². The maximum absolute atomic E-state index is 13.1. The lowest BCUT2D eigenvalue weighted by Gasteiger charge is -2.13. The van der Waals surface area contributed by atoms with Crippen LogP contribution < -0.4 is 5.73 Å². The lowest BCUT2D eigenvalue weighted by atomic mass is 10.1. The smallest absolute Gasteiger partial charge is 0.137 e. The molecule has 1 aromatic carbocycles. The van der Waals surface area contributed by atoms with Crippen molar-refractivity contribution in [3.8, 4) is 0 Å². The third kappa shape index (κ3) is 2.22. The summed E-state index contributed by atoms with van der Waals surface area (Å²) in [7, 11) is 0. The summed E-state index contributed by atoms with van der Waals surface area (Å²) >= 11 is 9.03. The second-order valence-corrected chi connectivity index (χ2v) is 3.97. The highest BCUT2D eigenvalue weighted by atomic mass is 79.9. The second-order valence-electron chi connectivity index (χ2n) is 2.77. The molecule has 13 heavy (non-hydrogen) atoms. The molecule has 0 saturated heterocycles. The van der Waals surface area contributed by atoms with Gasteiger partial charge < -0.3 is 5.73 Å². The molecule has 0 fully saturated rings. The minimum Gasteiger partial charge on any atom is -0.324 e. The Balaban J connectivity index is 3.25. The lowest BCUT2D eigenvalue weighted by Crippen LogP contribution is -2.10. The van der Waals surface area contributed by atoms with Gasteiger partial charge in [0, 0.05) is 16.6 Å². The Morgan fingerprint density at radius 2 is 2.23 bits per heavy atom. The van der Waals surface area contributed by atoms with Crippen LogP contribution in [0.2, 0.25) is 5.02 Å². The van der Waals surface area contributed by atoms with Crippen molar-refractivity contribution in [3.05, 3.63) is 33.0 Å². The zero-order valence-corrected chi connectivity index (χ0v) is 9.49. The molecule has 0 aliphatic rings. The first-order valence-corrected chi connectivity index (χ1v) is 5.14. The Kier molecular flexibility index (Phi) is 3.71. The standard InChI is InChI=1S/C9H10BrClFN/c1-2-7(13)8-5(11)3-4-6(12)9(8)10/h3-4,7H,2,13H2,1H3. The van der Waals surface area contributed by atoms with Crippen molar-refractivity contribution >= 4 is 27.5 Å². The molecule has 0 amide bonds. The fourth-order valence-corrected chi connectivity index (χ4v) is 2.14. The topological polar surface area (TPSA) is 26.0 Å². The number of benzene rings is 1. The highest BCUT2D eigenvalue weighted by Gasteiger charge is 2.15. The van der Waals surface area contributed by atoms with Crippen molar-refractivity contribution in [1.82, 2.24) is 0 Å². The fraction of sp³-hybridized carbons (Fsp3) is 0.333. The summed E-state index contributed by atoms with van der Waals surface area (Å²) in [6.45, 7) is 1.93. The molecule has 1 atom stereocenters. The molecule has 0 heterocycles. The van der Waals surface area contributed by atoms with Crippen LogP contribution in [0.5, 0.6) is 0 Å². The molecule has 0 radical (unpaired) electrons. The molecule has 1 nitrogen and oxygen atoms in total. The van der Waals surface area contributed by atoms with E-state index in [2.05, 4.69) is 15.9 Å². The number of rotatable bonds is 2. The van der Waals surface area contributed by atoms with Crippen molar-refractivity contribution in [1.29, 1.82) is 0 Å². The number of hydrogen-bond acceptors (Lipinski definition) is 1. The summed E-state index contributed by atoms with van der Waals surface area (Å²) in [6, 6.07) is 2.61. The Hall–Kier alpha value is -0.120. The first-order valence-electron chi connectivity index (χ1n) is 3.96. The van der Waals surface area contributed by atoms with Crippen LogP contribution in [0.15, 0.2) is 16.6 Å².